The van der Waals surface area contributed by atoms with Gasteiger partial charge in [-0.15, -0.1) is 11.8 Å². The fourth-order valence-electron chi connectivity index (χ4n) is 2.90. The first-order valence-electron chi connectivity index (χ1n) is 8.32. The number of para-hydroxylation sites is 2. The van der Waals surface area contributed by atoms with Crippen molar-refractivity contribution in [3.8, 4) is 0 Å². The Bertz CT molecular complexity index is 603. The molecule has 23 heavy (non-hydrogen) atoms. The molecule has 0 unspecified atom stereocenters. The zero-order chi connectivity index (χ0) is 15.9. The van der Waals surface area contributed by atoms with Crippen molar-refractivity contribution in [3.63, 3.8) is 0 Å². The number of nitrogens with zero attached hydrogens (tertiary/aromatic N) is 2. The number of aromatic amines is 1. The van der Waals surface area contributed by atoms with Gasteiger partial charge in [0, 0.05) is 13.1 Å². The standard InChI is InChI=1S/C17H24N4OS/c22-17(18-8-11-21-9-4-1-5-10-21)13-23-12-16-19-14-6-2-3-7-15(14)20-16/h2-3,6-7H,1,4-5,8-13H2,(H,18,22)(H,19,20). The first-order valence-corrected chi connectivity index (χ1v) is 9.47. The molecule has 6 heteroatoms. The number of hydrogen-bond acceptors (Lipinski definition) is 4. The molecule has 1 saturated heterocycles. The number of fused-ring (bicyclic) bond motifs is 1. The van der Waals surface area contributed by atoms with Gasteiger partial charge in [-0.25, -0.2) is 4.98 Å². The highest BCUT2D eigenvalue weighted by atomic mass is 32.2. The molecule has 1 aliphatic heterocycles. The van der Waals surface area contributed by atoms with Crippen LogP contribution >= 0.6 is 11.8 Å². The number of nitrogens with one attached hydrogen (secondary N) is 2. The number of imidazole rings is 1. The molecule has 1 fully saturated rings. The minimum Gasteiger partial charge on any atom is -0.354 e. The van der Waals surface area contributed by atoms with E-state index >= 15 is 0 Å². The average molecular weight is 332 g/mol. The molecule has 2 heterocycles. The zero-order valence-corrected chi connectivity index (χ0v) is 14.2. The first kappa shape index (κ1) is 16.3. The average Bonchev–Trinajstić information content (AvgIpc) is 2.98. The van der Waals surface area contributed by atoms with Crippen molar-refractivity contribution >= 4 is 28.7 Å². The molecule has 0 radical (unpaired) electrons. The quantitative estimate of drug-likeness (QED) is 0.817. The van der Waals surface area contributed by atoms with Crippen molar-refractivity contribution in [2.75, 3.05) is 31.9 Å². The van der Waals surface area contributed by atoms with Crippen LogP contribution in [0.15, 0.2) is 24.3 Å². The molecule has 1 amide bonds. The number of aromatic nitrogens is 2. The van der Waals surface area contributed by atoms with Crippen molar-refractivity contribution in [3.05, 3.63) is 30.1 Å². The molecule has 1 aromatic heterocycles. The molecule has 2 N–H and O–H groups in total. The Morgan fingerprint density at radius 3 is 2.91 bits per heavy atom. The lowest BCUT2D eigenvalue weighted by Crippen LogP contribution is -2.38. The van der Waals surface area contributed by atoms with Crippen LogP contribution in [0.1, 0.15) is 25.1 Å². The predicted molar refractivity (Wildman–Crippen MR) is 95.6 cm³/mol. The Balaban J connectivity index is 1.32. The van der Waals surface area contributed by atoms with Gasteiger partial charge < -0.3 is 15.2 Å². The van der Waals surface area contributed by atoms with Crippen molar-refractivity contribution in [2.24, 2.45) is 0 Å². The van der Waals surface area contributed by atoms with Crippen LogP contribution in [0, 0.1) is 0 Å². The molecule has 3 rings (SSSR count). The summed E-state index contributed by atoms with van der Waals surface area (Å²) in [5, 5.41) is 3.01. The minimum absolute atomic E-state index is 0.114. The highest BCUT2D eigenvalue weighted by molar-refractivity contribution is 7.99. The second kappa shape index (κ2) is 8.36. The number of carbonyl (C=O) groups is 1. The Kier molecular flexibility index (Phi) is 5.93. The lowest BCUT2D eigenvalue weighted by Gasteiger charge is -2.26. The van der Waals surface area contributed by atoms with Gasteiger partial charge in [0.1, 0.15) is 5.82 Å². The van der Waals surface area contributed by atoms with Crippen LogP contribution in [0.4, 0.5) is 0 Å². The summed E-state index contributed by atoms with van der Waals surface area (Å²) in [4.78, 5) is 22.1. The second-order valence-corrected chi connectivity index (χ2v) is 6.93. The van der Waals surface area contributed by atoms with E-state index in [1.807, 2.05) is 24.3 Å². The molecule has 5 nitrogen and oxygen atoms in total. The van der Waals surface area contributed by atoms with Crippen LogP contribution in [0.2, 0.25) is 0 Å². The van der Waals surface area contributed by atoms with Crippen LogP contribution in [-0.2, 0) is 10.5 Å². The fourth-order valence-corrected chi connectivity index (χ4v) is 3.62. The van der Waals surface area contributed by atoms with Crippen molar-refractivity contribution in [1.29, 1.82) is 0 Å². The summed E-state index contributed by atoms with van der Waals surface area (Å²) >= 11 is 1.60. The zero-order valence-electron chi connectivity index (χ0n) is 13.4. The predicted octanol–water partition coefficient (Wildman–Crippen LogP) is 2.40. The third kappa shape index (κ3) is 4.97. The largest absolute Gasteiger partial charge is 0.354 e. The van der Waals surface area contributed by atoms with Crippen LogP contribution in [-0.4, -0.2) is 52.7 Å². The van der Waals surface area contributed by atoms with Crippen LogP contribution in [0.5, 0.6) is 0 Å². The monoisotopic (exact) mass is 332 g/mol. The lowest BCUT2D eigenvalue weighted by atomic mass is 10.1. The Morgan fingerprint density at radius 1 is 1.26 bits per heavy atom. The molecule has 1 aromatic carbocycles. The Hall–Kier alpha value is -1.53. The minimum atomic E-state index is 0.114. The third-order valence-corrected chi connectivity index (χ3v) is 5.05. The summed E-state index contributed by atoms with van der Waals surface area (Å²) in [5.41, 5.74) is 2.03. The highest BCUT2D eigenvalue weighted by Crippen LogP contribution is 2.14. The van der Waals surface area contributed by atoms with Gasteiger partial charge >= 0.3 is 0 Å². The number of carbonyl (C=O) groups excluding carboxylic acids is 1. The molecule has 1 aliphatic rings. The summed E-state index contributed by atoms with van der Waals surface area (Å²) < 4.78 is 0. The van der Waals surface area contributed by atoms with Gasteiger partial charge in [-0.2, -0.15) is 0 Å². The number of benzene rings is 1. The van der Waals surface area contributed by atoms with Crippen LogP contribution in [0.25, 0.3) is 11.0 Å². The van der Waals surface area contributed by atoms with E-state index in [1.54, 1.807) is 11.8 Å². The number of likely N-dealkylation sites (tertiary alicyclic amines) is 1. The van der Waals surface area contributed by atoms with Gasteiger partial charge in [-0.1, -0.05) is 18.6 Å². The van der Waals surface area contributed by atoms with Crippen molar-refractivity contribution in [2.45, 2.75) is 25.0 Å². The van der Waals surface area contributed by atoms with E-state index in [4.69, 9.17) is 0 Å². The number of piperidine rings is 1. The number of amides is 1. The third-order valence-electron chi connectivity index (χ3n) is 4.11. The SMILES string of the molecule is O=C(CSCc1nc2ccccc2[nH]1)NCCN1CCCCC1. The van der Waals surface area contributed by atoms with Gasteiger partial charge in [0.2, 0.25) is 5.91 Å². The van der Waals surface area contributed by atoms with E-state index in [9.17, 15) is 4.79 Å². The number of thioether (sulfide) groups is 1. The maximum atomic E-state index is 11.9. The molecule has 0 saturated carbocycles. The van der Waals surface area contributed by atoms with E-state index in [2.05, 4.69) is 20.2 Å². The van der Waals surface area contributed by atoms with Gasteiger partial charge in [-0.05, 0) is 38.1 Å². The van der Waals surface area contributed by atoms with E-state index in [1.165, 1.54) is 32.4 Å². The van der Waals surface area contributed by atoms with Gasteiger partial charge in [-0.3, -0.25) is 4.79 Å². The summed E-state index contributed by atoms with van der Waals surface area (Å²) in [7, 11) is 0. The topological polar surface area (TPSA) is 61.0 Å². The molecule has 0 aliphatic carbocycles. The van der Waals surface area contributed by atoms with E-state index in [0.29, 0.717) is 5.75 Å². The Labute approximate surface area is 141 Å². The van der Waals surface area contributed by atoms with Crippen LogP contribution < -0.4 is 5.32 Å². The lowest BCUT2D eigenvalue weighted by molar-refractivity contribution is -0.118. The summed E-state index contributed by atoms with van der Waals surface area (Å²) in [5.74, 6) is 2.26. The van der Waals surface area contributed by atoms with Gasteiger partial charge in [0.05, 0.1) is 22.5 Å². The molecule has 0 atom stereocenters. The van der Waals surface area contributed by atoms with Crippen LogP contribution in [0.3, 0.4) is 0 Å². The van der Waals surface area contributed by atoms with Gasteiger partial charge in [0.25, 0.3) is 0 Å². The van der Waals surface area contributed by atoms with Crippen molar-refractivity contribution < 1.29 is 4.79 Å². The molecule has 124 valence electrons. The van der Waals surface area contributed by atoms with E-state index in [-0.39, 0.29) is 5.91 Å². The molecular formula is C17H24N4OS. The van der Waals surface area contributed by atoms with E-state index < -0.39 is 0 Å². The number of rotatable bonds is 7. The smallest absolute Gasteiger partial charge is 0.230 e. The summed E-state index contributed by atoms with van der Waals surface area (Å²) in [6.07, 6.45) is 3.93. The number of hydrogen-bond donors (Lipinski definition) is 2. The maximum absolute atomic E-state index is 11.9. The van der Waals surface area contributed by atoms with E-state index in [0.717, 1.165) is 35.7 Å². The number of H-pyrrole nitrogens is 1. The molecule has 0 bridgehead atoms. The van der Waals surface area contributed by atoms with Gasteiger partial charge in [0.15, 0.2) is 0 Å². The maximum Gasteiger partial charge on any atom is 0.230 e. The highest BCUT2D eigenvalue weighted by Gasteiger charge is 2.10. The first-order chi connectivity index (χ1) is 11.3. The summed E-state index contributed by atoms with van der Waals surface area (Å²) in [6.45, 7) is 4.08. The Morgan fingerprint density at radius 2 is 2.09 bits per heavy atom. The normalized spacial score (nSPS) is 15.8. The molecule has 2 aromatic rings. The summed E-state index contributed by atoms with van der Waals surface area (Å²) in [6, 6.07) is 7.99. The molecular weight excluding hydrogens is 308 g/mol. The van der Waals surface area contributed by atoms with Crippen molar-refractivity contribution in [1.82, 2.24) is 20.2 Å². The second-order valence-electron chi connectivity index (χ2n) is 5.95. The molecule has 0 spiro atoms. The fraction of sp³-hybridized carbons (Fsp3) is 0.529.